The van der Waals surface area contributed by atoms with Crippen LogP contribution in [-0.4, -0.2) is 30.0 Å². The van der Waals surface area contributed by atoms with Crippen LogP contribution in [0.15, 0.2) is 97.1 Å². The zero-order valence-electron chi connectivity index (χ0n) is 30.5. The summed E-state index contributed by atoms with van der Waals surface area (Å²) < 4.78 is 0. The SMILES string of the molecule is CCCCCCc1cc(-c2ccc3c(c2)C(n2nc4ccccc4n2)(n2nc4ccccc4n2)c2cc(C)ccc2-3)c(CCCCCC)cc1C. The van der Waals surface area contributed by atoms with Crippen LogP contribution in [0.2, 0.25) is 0 Å². The van der Waals surface area contributed by atoms with Crippen molar-refractivity contribution in [1.29, 1.82) is 0 Å². The molecular weight excluding hydrogens is 625 g/mol. The van der Waals surface area contributed by atoms with Gasteiger partial charge in [0.25, 0.3) is 0 Å². The molecule has 0 saturated carbocycles. The van der Waals surface area contributed by atoms with E-state index in [9.17, 15) is 0 Å². The summed E-state index contributed by atoms with van der Waals surface area (Å²) in [7, 11) is 0. The van der Waals surface area contributed by atoms with Crippen molar-refractivity contribution in [2.24, 2.45) is 0 Å². The van der Waals surface area contributed by atoms with Gasteiger partial charge in [-0.2, -0.15) is 20.4 Å². The Kier molecular flexibility index (Phi) is 9.01. The monoisotopic (exact) mass is 672 g/mol. The van der Waals surface area contributed by atoms with Crippen LogP contribution in [0.25, 0.3) is 44.3 Å². The molecule has 8 rings (SSSR count). The van der Waals surface area contributed by atoms with Crippen LogP contribution in [0.1, 0.15) is 98.6 Å². The molecule has 0 saturated heterocycles. The molecule has 0 aliphatic heterocycles. The number of unbranched alkanes of at least 4 members (excludes halogenated alkanes) is 6. The van der Waals surface area contributed by atoms with Crippen molar-refractivity contribution in [3.63, 3.8) is 0 Å². The Hall–Kier alpha value is -5.10. The first kappa shape index (κ1) is 33.1. The normalized spacial score (nSPS) is 13.3. The fourth-order valence-corrected chi connectivity index (χ4v) is 8.12. The largest absolute Gasteiger partial charge is 0.243 e. The van der Waals surface area contributed by atoms with Gasteiger partial charge in [-0.05, 0) is 109 Å². The van der Waals surface area contributed by atoms with Crippen molar-refractivity contribution in [1.82, 2.24) is 30.0 Å². The van der Waals surface area contributed by atoms with Crippen molar-refractivity contribution in [3.8, 4) is 22.3 Å². The van der Waals surface area contributed by atoms with Gasteiger partial charge in [0.15, 0.2) is 0 Å². The number of nitrogens with zero attached hydrogens (tertiary/aromatic N) is 6. The summed E-state index contributed by atoms with van der Waals surface area (Å²) in [4.78, 5) is 3.76. The van der Waals surface area contributed by atoms with Crippen LogP contribution < -0.4 is 0 Å². The average Bonchev–Trinajstić information content (AvgIpc) is 3.85. The number of fused-ring (bicyclic) bond motifs is 5. The van der Waals surface area contributed by atoms with Gasteiger partial charge in [-0.15, -0.1) is 9.59 Å². The summed E-state index contributed by atoms with van der Waals surface area (Å²) in [5.41, 5.74) is 14.8. The zero-order chi connectivity index (χ0) is 35.0. The molecule has 2 heterocycles. The van der Waals surface area contributed by atoms with Crippen LogP contribution in [0.4, 0.5) is 0 Å². The lowest BCUT2D eigenvalue weighted by Crippen LogP contribution is -2.45. The molecule has 0 bridgehead atoms. The number of rotatable bonds is 13. The summed E-state index contributed by atoms with van der Waals surface area (Å²) in [5.74, 6) is 0. The minimum Gasteiger partial charge on any atom is -0.150 e. The Balaban J connectivity index is 1.37. The van der Waals surface area contributed by atoms with Crippen molar-refractivity contribution < 1.29 is 0 Å². The van der Waals surface area contributed by atoms with Gasteiger partial charge in [0.1, 0.15) is 22.1 Å². The molecule has 5 aromatic carbocycles. The highest BCUT2D eigenvalue weighted by atomic mass is 15.6. The molecule has 51 heavy (non-hydrogen) atoms. The number of aromatic nitrogens is 6. The number of hydrogen-bond acceptors (Lipinski definition) is 4. The van der Waals surface area contributed by atoms with Gasteiger partial charge in [-0.25, -0.2) is 0 Å². The fraction of sp³-hybridized carbons (Fsp3) is 0.333. The molecule has 0 spiro atoms. The summed E-state index contributed by atoms with van der Waals surface area (Å²) in [6, 6.07) is 35.0. The standard InChI is InChI=1S/C45H48N6/c1-5-7-9-11-17-33-29-38(34(28-32(33)4)18-12-10-8-6-2)35-24-26-37-36-25-23-31(3)27-39(36)45(40(37)30-35,50-46-41-19-13-14-20-42(41)47-50)51-48-43-21-15-16-22-44(43)49-51/h13-16,19-30H,5-12,17-18H2,1-4H3. The molecular formula is C45H48N6. The van der Waals surface area contributed by atoms with Gasteiger partial charge in [-0.3, -0.25) is 0 Å². The van der Waals surface area contributed by atoms with Gasteiger partial charge in [0, 0.05) is 11.1 Å². The fourth-order valence-electron chi connectivity index (χ4n) is 8.12. The third-order valence-corrected chi connectivity index (χ3v) is 10.9. The lowest BCUT2D eigenvalue weighted by molar-refractivity contribution is 0.246. The van der Waals surface area contributed by atoms with E-state index in [1.165, 1.54) is 84.7 Å². The molecule has 0 amide bonds. The number of hydrogen-bond donors (Lipinski definition) is 0. The van der Waals surface area contributed by atoms with Gasteiger partial charge >= 0.3 is 0 Å². The first-order chi connectivity index (χ1) is 25.0. The van der Waals surface area contributed by atoms with Crippen LogP contribution in [-0.2, 0) is 18.5 Å². The summed E-state index contributed by atoms with van der Waals surface area (Å²) in [6.45, 7) is 9.03. The maximum absolute atomic E-state index is 5.20. The highest BCUT2D eigenvalue weighted by molar-refractivity contribution is 5.85. The predicted molar refractivity (Wildman–Crippen MR) is 209 cm³/mol. The molecule has 6 heteroatoms. The Morgan fingerprint density at radius 3 is 1.55 bits per heavy atom. The second kappa shape index (κ2) is 13.9. The Morgan fingerprint density at radius 2 is 1.00 bits per heavy atom. The van der Waals surface area contributed by atoms with E-state index in [0.29, 0.717) is 0 Å². The van der Waals surface area contributed by atoms with Crippen molar-refractivity contribution in [2.45, 2.75) is 97.6 Å². The zero-order valence-corrected chi connectivity index (χ0v) is 30.5. The molecule has 6 nitrogen and oxygen atoms in total. The van der Waals surface area contributed by atoms with Crippen LogP contribution >= 0.6 is 0 Å². The van der Waals surface area contributed by atoms with E-state index >= 15 is 0 Å². The molecule has 1 aliphatic rings. The third-order valence-electron chi connectivity index (χ3n) is 10.9. The van der Waals surface area contributed by atoms with Gasteiger partial charge in [-0.1, -0.05) is 125 Å². The number of benzene rings is 5. The lowest BCUT2D eigenvalue weighted by atomic mass is 9.87. The van der Waals surface area contributed by atoms with Crippen LogP contribution in [0, 0.1) is 13.8 Å². The molecule has 0 unspecified atom stereocenters. The molecule has 1 aliphatic carbocycles. The lowest BCUT2D eigenvalue weighted by Gasteiger charge is -2.30. The molecule has 7 aromatic rings. The van der Waals surface area contributed by atoms with Gasteiger partial charge in [0.05, 0.1) is 0 Å². The Bertz CT molecular complexity index is 2200. The first-order valence-electron chi connectivity index (χ1n) is 19.0. The Labute approximate surface area is 301 Å². The second-order valence-electron chi connectivity index (χ2n) is 14.5. The van der Waals surface area contributed by atoms with Gasteiger partial charge in [0.2, 0.25) is 5.66 Å². The molecule has 0 fully saturated rings. The molecule has 2 aromatic heterocycles. The maximum atomic E-state index is 5.20. The smallest absolute Gasteiger partial charge is 0.150 e. The van der Waals surface area contributed by atoms with Crippen LogP contribution in [0.3, 0.4) is 0 Å². The molecule has 0 N–H and O–H groups in total. The van der Waals surface area contributed by atoms with E-state index in [1.54, 1.807) is 0 Å². The maximum Gasteiger partial charge on any atom is 0.243 e. The summed E-state index contributed by atoms with van der Waals surface area (Å²) in [5, 5.41) is 20.8. The molecule has 258 valence electrons. The average molecular weight is 673 g/mol. The molecule has 0 radical (unpaired) electrons. The van der Waals surface area contributed by atoms with E-state index in [2.05, 4.69) is 76.2 Å². The minimum atomic E-state index is -1.04. The van der Waals surface area contributed by atoms with E-state index in [4.69, 9.17) is 20.4 Å². The van der Waals surface area contributed by atoms with Crippen LogP contribution in [0.5, 0.6) is 0 Å². The minimum absolute atomic E-state index is 0.841. The second-order valence-corrected chi connectivity index (χ2v) is 14.5. The topological polar surface area (TPSA) is 61.4 Å². The summed E-state index contributed by atoms with van der Waals surface area (Å²) >= 11 is 0. The van der Waals surface area contributed by atoms with E-state index in [1.807, 2.05) is 58.1 Å². The van der Waals surface area contributed by atoms with Gasteiger partial charge < -0.3 is 0 Å². The predicted octanol–water partition coefficient (Wildman–Crippen LogP) is 11.0. The van der Waals surface area contributed by atoms with E-state index < -0.39 is 5.66 Å². The van der Waals surface area contributed by atoms with Crippen molar-refractivity contribution >= 4 is 22.1 Å². The third kappa shape index (κ3) is 5.85. The highest BCUT2D eigenvalue weighted by Gasteiger charge is 2.51. The highest BCUT2D eigenvalue weighted by Crippen LogP contribution is 2.51. The summed E-state index contributed by atoms with van der Waals surface area (Å²) in [6.07, 6.45) is 12.2. The van der Waals surface area contributed by atoms with E-state index in [0.717, 1.165) is 57.2 Å². The Morgan fingerprint density at radius 1 is 0.490 bits per heavy atom. The first-order valence-corrected chi connectivity index (χ1v) is 19.0. The molecule has 0 atom stereocenters. The van der Waals surface area contributed by atoms with E-state index in [-0.39, 0.29) is 0 Å². The van der Waals surface area contributed by atoms with Crippen molar-refractivity contribution in [3.05, 3.63) is 130 Å². The number of aryl methyl sites for hydroxylation is 4. The van der Waals surface area contributed by atoms with Crippen molar-refractivity contribution in [2.75, 3.05) is 0 Å². The quantitative estimate of drug-likeness (QED) is 0.114.